The Morgan fingerprint density at radius 3 is 2.77 bits per heavy atom. The Kier molecular flexibility index (Phi) is 2.94. The summed E-state index contributed by atoms with van der Waals surface area (Å²) in [6.07, 6.45) is 5.25. The van der Waals surface area contributed by atoms with Crippen LogP contribution in [0, 0.1) is 12.3 Å². The van der Waals surface area contributed by atoms with Gasteiger partial charge in [-0.1, -0.05) is 18.1 Å². The van der Waals surface area contributed by atoms with Crippen LogP contribution in [0.3, 0.4) is 0 Å². The number of phenols is 1. The molecule has 1 atom stereocenters. The van der Waals surface area contributed by atoms with E-state index in [1.807, 2.05) is 6.07 Å². The normalized spacial score (nSPS) is 12.1. The Morgan fingerprint density at radius 2 is 2.23 bits per heavy atom. The van der Waals surface area contributed by atoms with Gasteiger partial charge in [0.1, 0.15) is 5.75 Å². The maximum Gasteiger partial charge on any atom is 0.131 e. The van der Waals surface area contributed by atoms with Crippen molar-refractivity contribution in [3.63, 3.8) is 0 Å². The second-order valence-electron chi connectivity index (χ2n) is 3.01. The second-order valence-corrected chi connectivity index (χ2v) is 3.01. The highest BCUT2D eigenvalue weighted by molar-refractivity contribution is 5.49. The van der Waals surface area contributed by atoms with Crippen molar-refractivity contribution in [3.8, 4) is 18.1 Å². The minimum Gasteiger partial charge on any atom is -0.507 e. The van der Waals surface area contributed by atoms with E-state index in [4.69, 9.17) is 11.5 Å². The zero-order chi connectivity index (χ0) is 9.84. The first-order chi connectivity index (χ1) is 6.15. The summed E-state index contributed by atoms with van der Waals surface area (Å²) in [5, 5.41) is 18.5. The van der Waals surface area contributed by atoms with E-state index in [-0.39, 0.29) is 5.75 Å². The number of rotatable bonds is 2. The molecule has 0 aliphatic rings. The average Bonchev–Trinajstić information content (AvgIpc) is 2.03. The minimum absolute atomic E-state index is 0.0978. The molecule has 0 spiro atoms. The lowest BCUT2D eigenvalue weighted by Gasteiger charge is -2.07. The van der Waals surface area contributed by atoms with Gasteiger partial charge in [0.2, 0.25) is 0 Å². The molecule has 2 N–H and O–H groups in total. The van der Waals surface area contributed by atoms with Crippen molar-refractivity contribution in [3.05, 3.63) is 29.3 Å². The average molecular weight is 176 g/mol. The summed E-state index contributed by atoms with van der Waals surface area (Å²) in [6, 6.07) is 5.07. The molecule has 0 bridgehead atoms. The van der Waals surface area contributed by atoms with Crippen LogP contribution in [0.25, 0.3) is 0 Å². The van der Waals surface area contributed by atoms with E-state index in [0.717, 1.165) is 5.56 Å². The molecule has 2 nitrogen and oxygen atoms in total. The van der Waals surface area contributed by atoms with Crippen LogP contribution in [0.4, 0.5) is 0 Å². The summed E-state index contributed by atoms with van der Waals surface area (Å²) < 4.78 is 0. The number of benzene rings is 1. The van der Waals surface area contributed by atoms with Crippen LogP contribution in [-0.4, -0.2) is 16.3 Å². The summed E-state index contributed by atoms with van der Waals surface area (Å²) >= 11 is 0. The first-order valence-electron chi connectivity index (χ1n) is 4.10. The van der Waals surface area contributed by atoms with Crippen LogP contribution in [0.2, 0.25) is 0 Å². The molecule has 0 amide bonds. The van der Waals surface area contributed by atoms with Gasteiger partial charge in [-0.2, -0.15) is 0 Å². The predicted octanol–water partition coefficient (Wildman–Crippen LogP) is 1.30. The van der Waals surface area contributed by atoms with Gasteiger partial charge in [-0.25, -0.2) is 0 Å². The molecule has 1 unspecified atom stereocenters. The van der Waals surface area contributed by atoms with Gasteiger partial charge in [0.05, 0.1) is 11.7 Å². The first kappa shape index (κ1) is 9.63. The number of aromatic hydroxyl groups is 1. The molecule has 13 heavy (non-hydrogen) atoms. The lowest BCUT2D eigenvalue weighted by Crippen LogP contribution is -2.05. The Bertz CT molecular complexity index is 334. The maximum absolute atomic E-state index is 9.38. The maximum atomic E-state index is 9.38. The van der Waals surface area contributed by atoms with Crippen molar-refractivity contribution in [1.29, 1.82) is 0 Å². The third-order valence-corrected chi connectivity index (χ3v) is 1.79. The Hall–Kier alpha value is -1.46. The Morgan fingerprint density at radius 1 is 1.54 bits per heavy atom. The first-order valence-corrected chi connectivity index (χ1v) is 4.10. The molecule has 0 aromatic heterocycles. The van der Waals surface area contributed by atoms with Gasteiger partial charge >= 0.3 is 0 Å². The highest BCUT2D eigenvalue weighted by Crippen LogP contribution is 2.20. The van der Waals surface area contributed by atoms with Gasteiger partial charge in [-0.05, 0) is 25.0 Å². The van der Waals surface area contributed by atoms with E-state index in [1.54, 1.807) is 19.1 Å². The van der Waals surface area contributed by atoms with Crippen molar-refractivity contribution in [1.82, 2.24) is 0 Å². The van der Waals surface area contributed by atoms with E-state index in [1.165, 1.54) is 0 Å². The minimum atomic E-state index is -0.450. The fraction of sp³-hybridized carbons (Fsp3) is 0.273. The molecule has 0 radical (unpaired) electrons. The van der Waals surface area contributed by atoms with Crippen LogP contribution in [-0.2, 0) is 6.42 Å². The van der Waals surface area contributed by atoms with Crippen molar-refractivity contribution < 1.29 is 10.2 Å². The zero-order valence-corrected chi connectivity index (χ0v) is 7.49. The number of aliphatic hydroxyl groups is 1. The molecule has 1 aromatic carbocycles. The summed E-state index contributed by atoms with van der Waals surface area (Å²) in [5.41, 5.74) is 1.28. The molecule has 0 saturated heterocycles. The van der Waals surface area contributed by atoms with Gasteiger partial charge in [0.25, 0.3) is 0 Å². The summed E-state index contributed by atoms with van der Waals surface area (Å²) in [6.45, 7) is 1.68. The molecule has 0 fully saturated rings. The van der Waals surface area contributed by atoms with E-state index < -0.39 is 6.10 Å². The Balaban J connectivity index is 3.07. The van der Waals surface area contributed by atoms with Crippen molar-refractivity contribution >= 4 is 0 Å². The molecular formula is C11H12O2. The van der Waals surface area contributed by atoms with E-state index in [2.05, 4.69) is 5.92 Å². The van der Waals surface area contributed by atoms with Crippen molar-refractivity contribution in [2.45, 2.75) is 19.4 Å². The predicted molar refractivity (Wildman–Crippen MR) is 51.4 cm³/mol. The Labute approximate surface area is 77.8 Å². The molecule has 0 saturated carbocycles. The molecule has 0 heterocycles. The summed E-state index contributed by atoms with van der Waals surface area (Å²) in [7, 11) is 0. The van der Waals surface area contributed by atoms with Gasteiger partial charge in [0, 0.05) is 0 Å². The second kappa shape index (κ2) is 3.97. The SMILES string of the molecule is C#Cc1c(O)cccc1CC(C)O. The van der Waals surface area contributed by atoms with E-state index in [9.17, 15) is 5.11 Å². The van der Waals surface area contributed by atoms with Crippen molar-refractivity contribution in [2.24, 2.45) is 0 Å². The number of aliphatic hydroxyl groups excluding tert-OH is 1. The van der Waals surface area contributed by atoms with Crippen LogP contribution in [0.5, 0.6) is 5.75 Å². The third kappa shape index (κ3) is 2.24. The molecule has 0 aliphatic heterocycles. The summed E-state index contributed by atoms with van der Waals surface area (Å²) in [5.74, 6) is 2.51. The largest absolute Gasteiger partial charge is 0.507 e. The van der Waals surface area contributed by atoms with E-state index >= 15 is 0 Å². The molecule has 2 heteroatoms. The third-order valence-electron chi connectivity index (χ3n) is 1.79. The molecule has 68 valence electrons. The van der Waals surface area contributed by atoms with Gasteiger partial charge < -0.3 is 10.2 Å². The number of hydrogen-bond acceptors (Lipinski definition) is 2. The van der Waals surface area contributed by atoms with Crippen LogP contribution in [0.15, 0.2) is 18.2 Å². The van der Waals surface area contributed by atoms with Crippen molar-refractivity contribution in [2.75, 3.05) is 0 Å². The highest BCUT2D eigenvalue weighted by atomic mass is 16.3. The number of terminal acetylenes is 1. The van der Waals surface area contributed by atoms with Gasteiger partial charge in [-0.3, -0.25) is 0 Å². The summed E-state index contributed by atoms with van der Waals surface area (Å²) in [4.78, 5) is 0. The standard InChI is InChI=1S/C11H12O2/c1-3-10-9(7-8(2)12)5-4-6-11(10)13/h1,4-6,8,12-13H,7H2,2H3. The monoisotopic (exact) mass is 176 g/mol. The molecule has 0 aliphatic carbocycles. The topological polar surface area (TPSA) is 40.5 Å². The molecule has 1 rings (SSSR count). The lowest BCUT2D eigenvalue weighted by atomic mass is 10.0. The van der Waals surface area contributed by atoms with Gasteiger partial charge in [-0.15, -0.1) is 6.42 Å². The number of hydrogen-bond donors (Lipinski definition) is 2. The molecule has 1 aromatic rings. The van der Waals surface area contributed by atoms with E-state index in [0.29, 0.717) is 12.0 Å². The quantitative estimate of drug-likeness (QED) is 0.667. The van der Waals surface area contributed by atoms with Crippen LogP contribution >= 0.6 is 0 Å². The highest BCUT2D eigenvalue weighted by Gasteiger charge is 2.06. The fourth-order valence-corrected chi connectivity index (χ4v) is 1.24. The fourth-order valence-electron chi connectivity index (χ4n) is 1.24. The van der Waals surface area contributed by atoms with Crippen LogP contribution < -0.4 is 0 Å². The van der Waals surface area contributed by atoms with Gasteiger partial charge in [0.15, 0.2) is 0 Å². The number of phenolic OH excluding ortho intramolecular Hbond substituents is 1. The lowest BCUT2D eigenvalue weighted by molar-refractivity contribution is 0.195. The molecular weight excluding hydrogens is 164 g/mol. The smallest absolute Gasteiger partial charge is 0.131 e. The zero-order valence-electron chi connectivity index (χ0n) is 7.49. The van der Waals surface area contributed by atoms with Crippen LogP contribution in [0.1, 0.15) is 18.1 Å².